The van der Waals surface area contributed by atoms with E-state index in [4.69, 9.17) is 5.11 Å². The molecule has 1 unspecified atom stereocenters. The van der Waals surface area contributed by atoms with Crippen LogP contribution >= 0.6 is 0 Å². The highest BCUT2D eigenvalue weighted by Crippen LogP contribution is 2.18. The smallest absolute Gasteiger partial charge is 0.303 e. The Morgan fingerprint density at radius 1 is 1.35 bits per heavy atom. The predicted octanol–water partition coefficient (Wildman–Crippen LogP) is 1.66. The van der Waals surface area contributed by atoms with Gasteiger partial charge in [0.2, 0.25) is 0 Å². The number of nitrogens with zero attached hydrogens (tertiary/aromatic N) is 2. The van der Waals surface area contributed by atoms with Crippen LogP contribution in [0.3, 0.4) is 0 Å². The summed E-state index contributed by atoms with van der Waals surface area (Å²) in [5.74, 6) is -0.670. The van der Waals surface area contributed by atoms with E-state index in [1.54, 1.807) is 0 Å². The van der Waals surface area contributed by atoms with Crippen molar-refractivity contribution in [1.82, 2.24) is 9.80 Å². The molecular weight excluding hydrogens is 216 g/mol. The number of hydrogen-bond donors (Lipinski definition) is 1. The van der Waals surface area contributed by atoms with Crippen LogP contribution in [0.25, 0.3) is 0 Å². The Bertz CT molecular complexity index is 231. The number of aliphatic carboxylic acids is 1. The SMILES string of the molecule is CN(C)CC1CCCN1CCCCCC(=O)O. The van der Waals surface area contributed by atoms with Crippen LogP contribution in [-0.2, 0) is 4.79 Å². The Labute approximate surface area is 105 Å². The summed E-state index contributed by atoms with van der Waals surface area (Å²) in [6, 6.07) is 0.712. The van der Waals surface area contributed by atoms with Gasteiger partial charge in [0.15, 0.2) is 0 Å². The highest BCUT2D eigenvalue weighted by molar-refractivity contribution is 5.66. The van der Waals surface area contributed by atoms with Crippen molar-refractivity contribution in [2.45, 2.75) is 44.6 Å². The normalized spacial score (nSPS) is 21.2. The van der Waals surface area contributed by atoms with Crippen LogP contribution in [0.1, 0.15) is 38.5 Å². The molecule has 0 saturated carbocycles. The van der Waals surface area contributed by atoms with Crippen molar-refractivity contribution in [3.05, 3.63) is 0 Å². The lowest BCUT2D eigenvalue weighted by Gasteiger charge is -2.26. The minimum absolute atomic E-state index is 0.321. The molecule has 4 nitrogen and oxygen atoms in total. The minimum atomic E-state index is -0.670. The van der Waals surface area contributed by atoms with Crippen LogP contribution in [0.5, 0.6) is 0 Å². The molecule has 0 spiro atoms. The third kappa shape index (κ3) is 6.03. The van der Waals surface area contributed by atoms with E-state index < -0.39 is 5.97 Å². The lowest BCUT2D eigenvalue weighted by molar-refractivity contribution is -0.137. The van der Waals surface area contributed by atoms with Crippen LogP contribution in [-0.4, -0.2) is 60.6 Å². The largest absolute Gasteiger partial charge is 0.481 e. The van der Waals surface area contributed by atoms with Crippen molar-refractivity contribution in [1.29, 1.82) is 0 Å². The Morgan fingerprint density at radius 2 is 2.12 bits per heavy atom. The van der Waals surface area contributed by atoms with E-state index in [2.05, 4.69) is 23.9 Å². The monoisotopic (exact) mass is 242 g/mol. The van der Waals surface area contributed by atoms with Crippen LogP contribution in [0.15, 0.2) is 0 Å². The van der Waals surface area contributed by atoms with E-state index in [0.29, 0.717) is 12.5 Å². The second-order valence-electron chi connectivity index (χ2n) is 5.30. The van der Waals surface area contributed by atoms with Crippen LogP contribution in [0, 0.1) is 0 Å². The second-order valence-corrected chi connectivity index (χ2v) is 5.30. The van der Waals surface area contributed by atoms with Crippen LogP contribution < -0.4 is 0 Å². The summed E-state index contributed by atoms with van der Waals surface area (Å²) in [5, 5.41) is 8.55. The van der Waals surface area contributed by atoms with E-state index in [0.717, 1.165) is 32.4 Å². The molecule has 0 aromatic rings. The molecule has 1 heterocycles. The third-order valence-electron chi connectivity index (χ3n) is 3.41. The van der Waals surface area contributed by atoms with Gasteiger partial charge in [-0.15, -0.1) is 0 Å². The van der Waals surface area contributed by atoms with E-state index in [1.807, 2.05) is 0 Å². The third-order valence-corrected chi connectivity index (χ3v) is 3.41. The zero-order valence-electron chi connectivity index (χ0n) is 11.2. The Hall–Kier alpha value is -0.610. The topological polar surface area (TPSA) is 43.8 Å². The first kappa shape index (κ1) is 14.5. The Morgan fingerprint density at radius 3 is 2.76 bits per heavy atom. The second kappa shape index (κ2) is 7.67. The molecule has 17 heavy (non-hydrogen) atoms. The number of unbranched alkanes of at least 4 members (excludes halogenated alkanes) is 2. The van der Waals surface area contributed by atoms with Gasteiger partial charge in [0.1, 0.15) is 0 Å². The van der Waals surface area contributed by atoms with E-state index in [1.165, 1.54) is 19.4 Å². The number of rotatable bonds is 8. The molecule has 1 aliphatic heterocycles. The van der Waals surface area contributed by atoms with Gasteiger partial charge in [-0.25, -0.2) is 0 Å². The predicted molar refractivity (Wildman–Crippen MR) is 69.3 cm³/mol. The van der Waals surface area contributed by atoms with E-state index in [-0.39, 0.29) is 0 Å². The molecule has 0 aromatic carbocycles. The maximum atomic E-state index is 10.4. The van der Waals surface area contributed by atoms with Crippen molar-refractivity contribution < 1.29 is 9.90 Å². The summed E-state index contributed by atoms with van der Waals surface area (Å²) in [7, 11) is 4.26. The summed E-state index contributed by atoms with van der Waals surface area (Å²) in [6.07, 6.45) is 5.94. The number of hydrogen-bond acceptors (Lipinski definition) is 3. The van der Waals surface area contributed by atoms with Crippen molar-refractivity contribution in [3.8, 4) is 0 Å². The summed E-state index contributed by atoms with van der Waals surface area (Å²) in [6.45, 7) is 3.50. The van der Waals surface area contributed by atoms with Crippen molar-refractivity contribution >= 4 is 5.97 Å². The van der Waals surface area contributed by atoms with Crippen molar-refractivity contribution in [2.75, 3.05) is 33.7 Å². The van der Waals surface area contributed by atoms with Gasteiger partial charge in [0.05, 0.1) is 0 Å². The molecule has 1 rings (SSSR count). The Balaban J connectivity index is 2.10. The number of carboxylic acid groups (broad SMARTS) is 1. The van der Waals surface area contributed by atoms with E-state index >= 15 is 0 Å². The molecule has 0 aromatic heterocycles. The number of carboxylic acids is 1. The highest BCUT2D eigenvalue weighted by atomic mass is 16.4. The zero-order valence-corrected chi connectivity index (χ0v) is 11.2. The van der Waals surface area contributed by atoms with Gasteiger partial charge in [-0.05, 0) is 52.9 Å². The van der Waals surface area contributed by atoms with Crippen LogP contribution in [0.2, 0.25) is 0 Å². The molecule has 1 aliphatic rings. The standard InChI is InChI=1S/C13H26N2O2/c1-14(2)11-12-7-6-10-15(12)9-5-3-4-8-13(16)17/h12H,3-11H2,1-2H3,(H,16,17). The molecule has 1 atom stereocenters. The lowest BCUT2D eigenvalue weighted by atomic mass is 10.1. The summed E-state index contributed by atoms with van der Waals surface area (Å²) < 4.78 is 0. The fraction of sp³-hybridized carbons (Fsp3) is 0.923. The van der Waals surface area contributed by atoms with Gasteiger partial charge in [0, 0.05) is 19.0 Å². The summed E-state index contributed by atoms with van der Waals surface area (Å²) >= 11 is 0. The lowest BCUT2D eigenvalue weighted by Crippen LogP contribution is -2.38. The van der Waals surface area contributed by atoms with E-state index in [9.17, 15) is 4.79 Å². The van der Waals surface area contributed by atoms with Gasteiger partial charge in [-0.3, -0.25) is 9.69 Å². The average molecular weight is 242 g/mol. The molecule has 0 aliphatic carbocycles. The van der Waals surface area contributed by atoms with Gasteiger partial charge >= 0.3 is 5.97 Å². The maximum Gasteiger partial charge on any atom is 0.303 e. The molecule has 1 fully saturated rings. The molecule has 4 heteroatoms. The summed E-state index contributed by atoms with van der Waals surface area (Å²) in [5.41, 5.74) is 0. The molecule has 1 N–H and O–H groups in total. The first-order chi connectivity index (χ1) is 8.09. The first-order valence-corrected chi connectivity index (χ1v) is 6.70. The maximum absolute atomic E-state index is 10.4. The fourth-order valence-corrected chi connectivity index (χ4v) is 2.59. The molecular formula is C13H26N2O2. The minimum Gasteiger partial charge on any atom is -0.481 e. The molecule has 1 saturated heterocycles. The van der Waals surface area contributed by atoms with Crippen molar-refractivity contribution in [3.63, 3.8) is 0 Å². The van der Waals surface area contributed by atoms with Gasteiger partial charge < -0.3 is 10.0 Å². The zero-order chi connectivity index (χ0) is 12.7. The summed E-state index contributed by atoms with van der Waals surface area (Å²) in [4.78, 5) is 15.2. The fourth-order valence-electron chi connectivity index (χ4n) is 2.59. The van der Waals surface area contributed by atoms with Gasteiger partial charge in [-0.2, -0.15) is 0 Å². The Kier molecular flexibility index (Phi) is 6.52. The molecule has 0 bridgehead atoms. The molecule has 0 radical (unpaired) electrons. The van der Waals surface area contributed by atoms with Crippen LogP contribution in [0.4, 0.5) is 0 Å². The quantitative estimate of drug-likeness (QED) is 0.657. The molecule has 100 valence electrons. The highest BCUT2D eigenvalue weighted by Gasteiger charge is 2.23. The van der Waals surface area contributed by atoms with Crippen molar-refractivity contribution in [2.24, 2.45) is 0 Å². The number of likely N-dealkylation sites (tertiary alicyclic amines) is 1. The average Bonchev–Trinajstić information content (AvgIpc) is 2.64. The van der Waals surface area contributed by atoms with Gasteiger partial charge in [0.25, 0.3) is 0 Å². The number of carbonyl (C=O) groups is 1. The molecule has 0 amide bonds. The number of likely N-dealkylation sites (N-methyl/N-ethyl adjacent to an activating group) is 1. The van der Waals surface area contributed by atoms with Gasteiger partial charge in [-0.1, -0.05) is 6.42 Å². The first-order valence-electron chi connectivity index (χ1n) is 6.70.